The second-order valence-electron chi connectivity index (χ2n) is 5.39. The first-order chi connectivity index (χ1) is 7.37. The standard InChI is InChI=1S/C11H24N4O/c1-10(2)8(11(10,3)4)14-9(15-12)13-6-7-16-5/h8H,6-7,12H2,1-5H3,(H2,13,14,15). The highest BCUT2D eigenvalue weighted by molar-refractivity contribution is 5.80. The van der Waals surface area contributed by atoms with Crippen LogP contribution in [0.25, 0.3) is 0 Å². The van der Waals surface area contributed by atoms with E-state index in [2.05, 4.69) is 43.4 Å². The molecule has 1 aliphatic rings. The van der Waals surface area contributed by atoms with Crippen molar-refractivity contribution in [3.05, 3.63) is 0 Å². The minimum atomic E-state index is 0.270. The van der Waals surface area contributed by atoms with Crippen LogP contribution in [0.3, 0.4) is 0 Å². The Balaban J connectivity index is 2.50. The van der Waals surface area contributed by atoms with Gasteiger partial charge >= 0.3 is 0 Å². The van der Waals surface area contributed by atoms with E-state index in [-0.39, 0.29) is 10.8 Å². The smallest absolute Gasteiger partial charge is 0.206 e. The van der Waals surface area contributed by atoms with E-state index in [0.29, 0.717) is 25.2 Å². The number of hydrogen-bond donors (Lipinski definition) is 3. The fraction of sp³-hybridized carbons (Fsp3) is 0.909. The fourth-order valence-electron chi connectivity index (χ4n) is 2.08. The van der Waals surface area contributed by atoms with E-state index >= 15 is 0 Å². The Hall–Kier alpha value is -0.810. The van der Waals surface area contributed by atoms with Gasteiger partial charge < -0.3 is 10.1 Å². The number of guanidine groups is 1. The Morgan fingerprint density at radius 3 is 2.25 bits per heavy atom. The van der Waals surface area contributed by atoms with Crippen LogP contribution in [-0.4, -0.2) is 32.3 Å². The molecular weight excluding hydrogens is 204 g/mol. The number of methoxy groups -OCH3 is 1. The van der Waals surface area contributed by atoms with Crippen molar-refractivity contribution in [2.75, 3.05) is 20.3 Å². The summed E-state index contributed by atoms with van der Waals surface area (Å²) < 4.78 is 4.94. The normalized spacial score (nSPS) is 23.0. The van der Waals surface area contributed by atoms with Crippen molar-refractivity contribution in [3.8, 4) is 0 Å². The van der Waals surface area contributed by atoms with E-state index < -0.39 is 0 Å². The molecule has 4 N–H and O–H groups in total. The highest BCUT2D eigenvalue weighted by Gasteiger charge is 2.65. The second kappa shape index (κ2) is 4.59. The van der Waals surface area contributed by atoms with Crippen LogP contribution in [0.15, 0.2) is 4.99 Å². The first-order valence-electron chi connectivity index (χ1n) is 5.64. The Kier molecular flexibility index (Phi) is 3.80. The highest BCUT2D eigenvalue weighted by Crippen LogP contribution is 2.62. The number of aliphatic imine (C=N–C) groups is 1. The Morgan fingerprint density at radius 1 is 1.31 bits per heavy atom. The SMILES string of the molecule is COCCN=C(NN)NC1C(C)(C)C1(C)C. The summed E-state index contributed by atoms with van der Waals surface area (Å²) in [7, 11) is 1.66. The lowest BCUT2D eigenvalue weighted by molar-refractivity contribution is 0.208. The lowest BCUT2D eigenvalue weighted by Gasteiger charge is -2.10. The molecule has 0 aromatic rings. The van der Waals surface area contributed by atoms with E-state index in [1.807, 2.05) is 0 Å². The molecule has 0 atom stereocenters. The summed E-state index contributed by atoms with van der Waals surface area (Å²) in [5.41, 5.74) is 3.13. The molecule has 0 aliphatic heterocycles. The second-order valence-corrected chi connectivity index (χ2v) is 5.39. The lowest BCUT2D eigenvalue weighted by atomic mass is 10.0. The molecular formula is C11H24N4O. The van der Waals surface area contributed by atoms with Crippen molar-refractivity contribution >= 4 is 5.96 Å². The Bertz CT molecular complexity index is 259. The first kappa shape index (κ1) is 13.3. The van der Waals surface area contributed by atoms with E-state index in [1.54, 1.807) is 7.11 Å². The monoisotopic (exact) mass is 228 g/mol. The summed E-state index contributed by atoms with van der Waals surface area (Å²) in [4.78, 5) is 4.29. The number of rotatable bonds is 4. The van der Waals surface area contributed by atoms with Crippen molar-refractivity contribution < 1.29 is 4.74 Å². The zero-order chi connectivity index (χ0) is 12.4. The lowest BCUT2D eigenvalue weighted by Crippen LogP contribution is -2.44. The zero-order valence-electron chi connectivity index (χ0n) is 10.9. The van der Waals surface area contributed by atoms with E-state index in [4.69, 9.17) is 10.6 Å². The summed E-state index contributed by atoms with van der Waals surface area (Å²) in [5.74, 6) is 6.06. The van der Waals surface area contributed by atoms with Crippen LogP contribution < -0.4 is 16.6 Å². The van der Waals surface area contributed by atoms with Crippen LogP contribution in [0.2, 0.25) is 0 Å². The van der Waals surface area contributed by atoms with E-state index in [9.17, 15) is 0 Å². The quantitative estimate of drug-likeness (QED) is 0.215. The van der Waals surface area contributed by atoms with Gasteiger partial charge in [-0.3, -0.25) is 5.43 Å². The van der Waals surface area contributed by atoms with Gasteiger partial charge in [-0.2, -0.15) is 0 Å². The third kappa shape index (κ3) is 2.30. The third-order valence-electron chi connectivity index (χ3n) is 4.00. The van der Waals surface area contributed by atoms with Gasteiger partial charge in [0.2, 0.25) is 5.96 Å². The van der Waals surface area contributed by atoms with Gasteiger partial charge in [-0.1, -0.05) is 27.7 Å². The van der Waals surface area contributed by atoms with Gasteiger partial charge in [0.25, 0.3) is 0 Å². The Labute approximate surface area is 97.8 Å². The highest BCUT2D eigenvalue weighted by atomic mass is 16.5. The van der Waals surface area contributed by atoms with Gasteiger partial charge in [0.1, 0.15) is 0 Å². The van der Waals surface area contributed by atoms with Crippen molar-refractivity contribution in [2.24, 2.45) is 21.7 Å². The van der Waals surface area contributed by atoms with Gasteiger partial charge in [0.05, 0.1) is 13.2 Å². The van der Waals surface area contributed by atoms with Crippen LogP contribution in [0.1, 0.15) is 27.7 Å². The minimum Gasteiger partial charge on any atom is -0.383 e. The van der Waals surface area contributed by atoms with Gasteiger partial charge in [0, 0.05) is 13.2 Å². The predicted octanol–water partition coefficient (Wildman–Crippen LogP) is 0.476. The molecule has 0 aromatic heterocycles. The maximum atomic E-state index is 5.42. The molecule has 0 radical (unpaired) electrons. The molecule has 0 saturated heterocycles. The number of nitrogens with zero attached hydrogens (tertiary/aromatic N) is 1. The molecule has 5 nitrogen and oxygen atoms in total. The van der Waals surface area contributed by atoms with Gasteiger partial charge in [0.15, 0.2) is 0 Å². The number of ether oxygens (including phenoxy) is 1. The fourth-order valence-corrected chi connectivity index (χ4v) is 2.08. The van der Waals surface area contributed by atoms with Crippen molar-refractivity contribution in [1.29, 1.82) is 0 Å². The molecule has 1 aliphatic carbocycles. The third-order valence-corrected chi connectivity index (χ3v) is 4.00. The summed E-state index contributed by atoms with van der Waals surface area (Å²) >= 11 is 0. The maximum Gasteiger partial charge on any atom is 0.206 e. The van der Waals surface area contributed by atoms with E-state index in [1.165, 1.54) is 0 Å². The first-order valence-corrected chi connectivity index (χ1v) is 5.64. The molecule has 0 amide bonds. The van der Waals surface area contributed by atoms with Gasteiger partial charge in [-0.05, 0) is 10.8 Å². The maximum absolute atomic E-state index is 5.42. The number of nitrogens with two attached hydrogens (primary N) is 1. The van der Waals surface area contributed by atoms with Gasteiger partial charge in [-0.25, -0.2) is 10.8 Å². The van der Waals surface area contributed by atoms with Crippen LogP contribution >= 0.6 is 0 Å². The van der Waals surface area contributed by atoms with E-state index in [0.717, 1.165) is 0 Å². The molecule has 5 heteroatoms. The van der Waals surface area contributed by atoms with Gasteiger partial charge in [-0.15, -0.1) is 0 Å². The number of hydrogen-bond acceptors (Lipinski definition) is 3. The largest absolute Gasteiger partial charge is 0.383 e. The van der Waals surface area contributed by atoms with Crippen LogP contribution in [0.4, 0.5) is 0 Å². The summed E-state index contributed by atoms with van der Waals surface area (Å²) in [5, 5.41) is 3.34. The molecule has 0 bridgehead atoms. The molecule has 1 fully saturated rings. The van der Waals surface area contributed by atoms with Crippen LogP contribution in [0, 0.1) is 10.8 Å². The van der Waals surface area contributed by atoms with Crippen molar-refractivity contribution in [1.82, 2.24) is 10.7 Å². The average molecular weight is 228 g/mol. The molecule has 0 aromatic carbocycles. The number of nitrogens with one attached hydrogen (secondary N) is 2. The molecule has 0 unspecified atom stereocenters. The van der Waals surface area contributed by atoms with Crippen LogP contribution in [0.5, 0.6) is 0 Å². The molecule has 1 saturated carbocycles. The molecule has 0 spiro atoms. The topological polar surface area (TPSA) is 71.7 Å². The molecule has 0 heterocycles. The van der Waals surface area contributed by atoms with Crippen molar-refractivity contribution in [3.63, 3.8) is 0 Å². The molecule has 16 heavy (non-hydrogen) atoms. The molecule has 94 valence electrons. The molecule has 1 rings (SSSR count). The predicted molar refractivity (Wildman–Crippen MR) is 66.0 cm³/mol. The summed E-state index contributed by atoms with van der Waals surface area (Å²) in [6, 6.07) is 0.400. The summed E-state index contributed by atoms with van der Waals surface area (Å²) in [6.07, 6.45) is 0. The van der Waals surface area contributed by atoms with Crippen molar-refractivity contribution in [2.45, 2.75) is 33.7 Å². The average Bonchev–Trinajstić information content (AvgIpc) is 2.59. The summed E-state index contributed by atoms with van der Waals surface area (Å²) in [6.45, 7) is 10.2. The van der Waals surface area contributed by atoms with Crippen LogP contribution in [-0.2, 0) is 4.74 Å². The number of hydrazine groups is 1. The Morgan fingerprint density at radius 2 is 1.88 bits per heavy atom. The zero-order valence-corrected chi connectivity index (χ0v) is 10.9. The minimum absolute atomic E-state index is 0.270.